The number of sulfonamides is 1. The van der Waals surface area contributed by atoms with Crippen LogP contribution in [0.1, 0.15) is 24.2 Å². The SMILES string of the molecule is CCOC(=O)c1cccc(S(=O)(=O)N(C)C(C)C(=O)O)c1. The third kappa shape index (κ3) is 3.79. The van der Waals surface area contributed by atoms with Crippen molar-refractivity contribution < 1.29 is 27.9 Å². The van der Waals surface area contributed by atoms with Crippen LogP contribution < -0.4 is 0 Å². The molecule has 116 valence electrons. The van der Waals surface area contributed by atoms with Crippen molar-refractivity contribution >= 4 is 22.0 Å². The van der Waals surface area contributed by atoms with Gasteiger partial charge >= 0.3 is 11.9 Å². The van der Waals surface area contributed by atoms with E-state index in [9.17, 15) is 18.0 Å². The van der Waals surface area contributed by atoms with Gasteiger partial charge in [0.15, 0.2) is 0 Å². The monoisotopic (exact) mass is 315 g/mol. The van der Waals surface area contributed by atoms with Crippen LogP contribution in [-0.4, -0.2) is 49.5 Å². The molecule has 0 aliphatic rings. The van der Waals surface area contributed by atoms with E-state index in [1.54, 1.807) is 6.92 Å². The molecule has 1 unspecified atom stereocenters. The number of hydrogen-bond donors (Lipinski definition) is 1. The maximum absolute atomic E-state index is 12.3. The smallest absolute Gasteiger partial charge is 0.338 e. The van der Waals surface area contributed by atoms with Crippen LogP contribution >= 0.6 is 0 Å². The highest BCUT2D eigenvalue weighted by Gasteiger charge is 2.29. The second-order valence-electron chi connectivity index (χ2n) is 4.28. The Balaban J connectivity index is 3.18. The fraction of sp³-hybridized carbons (Fsp3) is 0.385. The highest BCUT2D eigenvalue weighted by molar-refractivity contribution is 7.89. The van der Waals surface area contributed by atoms with Crippen molar-refractivity contribution in [1.82, 2.24) is 4.31 Å². The van der Waals surface area contributed by atoms with Crippen molar-refractivity contribution in [2.45, 2.75) is 24.8 Å². The van der Waals surface area contributed by atoms with E-state index in [0.717, 1.165) is 4.31 Å². The standard InChI is InChI=1S/C13H17NO6S/c1-4-20-13(17)10-6-5-7-11(8-10)21(18,19)14(3)9(2)12(15)16/h5-9H,4H2,1-3H3,(H,15,16). The predicted octanol–water partition coefficient (Wildman–Crippen LogP) is 0.957. The number of benzene rings is 1. The Bertz CT molecular complexity index is 640. The van der Waals surface area contributed by atoms with Crippen LogP contribution in [-0.2, 0) is 19.6 Å². The minimum absolute atomic E-state index is 0.0919. The summed E-state index contributed by atoms with van der Waals surface area (Å²) in [7, 11) is -2.84. The van der Waals surface area contributed by atoms with E-state index in [0.29, 0.717) is 0 Å². The summed E-state index contributed by atoms with van der Waals surface area (Å²) in [5, 5.41) is 8.90. The van der Waals surface area contributed by atoms with Gasteiger partial charge in [-0.1, -0.05) is 6.07 Å². The maximum atomic E-state index is 12.3. The molecule has 0 saturated carbocycles. The number of likely N-dealkylation sites (N-methyl/N-ethyl adjacent to an activating group) is 1. The molecule has 0 radical (unpaired) electrons. The number of nitrogens with zero attached hydrogens (tertiary/aromatic N) is 1. The van der Waals surface area contributed by atoms with Gasteiger partial charge in [-0.15, -0.1) is 0 Å². The lowest BCUT2D eigenvalue weighted by Gasteiger charge is -2.21. The van der Waals surface area contributed by atoms with E-state index in [-0.39, 0.29) is 17.1 Å². The number of esters is 1. The van der Waals surface area contributed by atoms with Gasteiger partial charge in [0, 0.05) is 7.05 Å². The number of ether oxygens (including phenoxy) is 1. The molecule has 0 aliphatic carbocycles. The molecular formula is C13H17NO6S. The first-order chi connectivity index (χ1) is 9.71. The Hall–Kier alpha value is -1.93. The highest BCUT2D eigenvalue weighted by Crippen LogP contribution is 2.18. The van der Waals surface area contributed by atoms with Gasteiger partial charge in [-0.05, 0) is 32.0 Å². The molecule has 7 nitrogen and oxygen atoms in total. The minimum atomic E-state index is -4.01. The fourth-order valence-corrected chi connectivity index (χ4v) is 2.89. The van der Waals surface area contributed by atoms with E-state index in [1.807, 2.05) is 0 Å². The molecule has 0 fully saturated rings. The normalized spacial score (nSPS) is 13.0. The highest BCUT2D eigenvalue weighted by atomic mass is 32.2. The summed E-state index contributed by atoms with van der Waals surface area (Å²) in [6, 6.07) is 4.07. The number of carboxylic acid groups (broad SMARTS) is 1. The largest absolute Gasteiger partial charge is 0.480 e. The Morgan fingerprint density at radius 3 is 2.52 bits per heavy atom. The summed E-state index contributed by atoms with van der Waals surface area (Å²) in [6.07, 6.45) is 0. The van der Waals surface area contributed by atoms with Gasteiger partial charge in [0.25, 0.3) is 0 Å². The Morgan fingerprint density at radius 1 is 1.38 bits per heavy atom. The van der Waals surface area contributed by atoms with Crippen LogP contribution in [0.15, 0.2) is 29.2 Å². The number of carbonyl (C=O) groups excluding carboxylic acids is 1. The fourth-order valence-electron chi connectivity index (χ4n) is 1.53. The second-order valence-corrected chi connectivity index (χ2v) is 6.28. The number of aliphatic carboxylic acids is 1. The zero-order valence-electron chi connectivity index (χ0n) is 11.9. The quantitative estimate of drug-likeness (QED) is 0.785. The number of hydrogen-bond acceptors (Lipinski definition) is 5. The van der Waals surface area contributed by atoms with Crippen LogP contribution in [0.5, 0.6) is 0 Å². The predicted molar refractivity (Wildman–Crippen MR) is 74.4 cm³/mol. The van der Waals surface area contributed by atoms with Gasteiger partial charge in [0.2, 0.25) is 10.0 Å². The van der Waals surface area contributed by atoms with Crippen LogP contribution in [0.2, 0.25) is 0 Å². The van der Waals surface area contributed by atoms with Gasteiger partial charge in [-0.2, -0.15) is 4.31 Å². The molecule has 21 heavy (non-hydrogen) atoms. The van der Waals surface area contributed by atoms with E-state index in [4.69, 9.17) is 9.84 Å². The lowest BCUT2D eigenvalue weighted by molar-refractivity contribution is -0.140. The average molecular weight is 315 g/mol. The molecule has 1 N–H and O–H groups in total. The zero-order valence-corrected chi connectivity index (χ0v) is 12.8. The van der Waals surface area contributed by atoms with Crippen molar-refractivity contribution in [3.8, 4) is 0 Å². The first kappa shape index (κ1) is 17.1. The third-order valence-corrected chi connectivity index (χ3v) is 4.85. The molecule has 1 rings (SSSR count). The molecular weight excluding hydrogens is 298 g/mol. The molecule has 0 heterocycles. The molecule has 0 aromatic heterocycles. The Morgan fingerprint density at radius 2 is 2.00 bits per heavy atom. The number of carboxylic acids is 1. The molecule has 1 atom stereocenters. The summed E-state index contributed by atoms with van der Waals surface area (Å²) < 4.78 is 30.2. The van der Waals surface area contributed by atoms with Gasteiger partial charge < -0.3 is 9.84 Å². The molecule has 0 aliphatic heterocycles. The van der Waals surface area contributed by atoms with Gasteiger partial charge in [-0.25, -0.2) is 13.2 Å². The first-order valence-corrected chi connectivity index (χ1v) is 7.63. The minimum Gasteiger partial charge on any atom is -0.480 e. The lowest BCUT2D eigenvalue weighted by atomic mass is 10.2. The molecule has 1 aromatic carbocycles. The zero-order chi connectivity index (χ0) is 16.2. The molecule has 0 amide bonds. The third-order valence-electron chi connectivity index (χ3n) is 2.92. The van der Waals surface area contributed by atoms with Crippen molar-refractivity contribution in [2.75, 3.05) is 13.7 Å². The topological polar surface area (TPSA) is 101 Å². The van der Waals surface area contributed by atoms with E-state index in [1.165, 1.54) is 38.2 Å². The first-order valence-electron chi connectivity index (χ1n) is 6.19. The molecule has 0 bridgehead atoms. The average Bonchev–Trinajstić information content (AvgIpc) is 2.45. The van der Waals surface area contributed by atoms with Crippen molar-refractivity contribution in [3.63, 3.8) is 0 Å². The summed E-state index contributed by atoms with van der Waals surface area (Å²) in [4.78, 5) is 22.3. The maximum Gasteiger partial charge on any atom is 0.338 e. The van der Waals surface area contributed by atoms with Gasteiger partial charge in [-0.3, -0.25) is 4.79 Å². The summed E-state index contributed by atoms with van der Waals surface area (Å²) in [5.41, 5.74) is 0.0919. The number of carbonyl (C=O) groups is 2. The Labute approximate surface area is 123 Å². The van der Waals surface area contributed by atoms with Crippen molar-refractivity contribution in [1.29, 1.82) is 0 Å². The van der Waals surface area contributed by atoms with Gasteiger partial charge in [0.1, 0.15) is 6.04 Å². The molecule has 1 aromatic rings. The summed E-state index contributed by atoms with van der Waals surface area (Å²) in [6.45, 7) is 3.07. The van der Waals surface area contributed by atoms with Gasteiger partial charge in [0.05, 0.1) is 17.1 Å². The van der Waals surface area contributed by atoms with E-state index in [2.05, 4.69) is 0 Å². The van der Waals surface area contributed by atoms with E-state index >= 15 is 0 Å². The second kappa shape index (κ2) is 6.68. The van der Waals surface area contributed by atoms with Crippen molar-refractivity contribution in [2.24, 2.45) is 0 Å². The number of rotatable bonds is 6. The van der Waals surface area contributed by atoms with Crippen LogP contribution in [0.3, 0.4) is 0 Å². The Kier molecular flexibility index (Phi) is 5.45. The molecule has 8 heteroatoms. The van der Waals surface area contributed by atoms with Crippen LogP contribution in [0.25, 0.3) is 0 Å². The van der Waals surface area contributed by atoms with E-state index < -0.39 is 28.0 Å². The molecule has 0 saturated heterocycles. The van der Waals surface area contributed by atoms with Crippen molar-refractivity contribution in [3.05, 3.63) is 29.8 Å². The lowest BCUT2D eigenvalue weighted by Crippen LogP contribution is -2.40. The molecule has 0 spiro atoms. The summed E-state index contributed by atoms with van der Waals surface area (Å²) in [5.74, 6) is -1.90. The van der Waals surface area contributed by atoms with Crippen LogP contribution in [0, 0.1) is 0 Å². The summed E-state index contributed by atoms with van der Waals surface area (Å²) >= 11 is 0. The van der Waals surface area contributed by atoms with Crippen LogP contribution in [0.4, 0.5) is 0 Å².